The van der Waals surface area contributed by atoms with Crippen LogP contribution in [0.3, 0.4) is 0 Å². The molecular weight excluding hydrogens is 128 g/mol. The maximum atomic E-state index is 3.21. The van der Waals surface area contributed by atoms with Crippen molar-refractivity contribution in [1.29, 1.82) is 0 Å². The summed E-state index contributed by atoms with van der Waals surface area (Å²) in [5.41, 5.74) is 0. The van der Waals surface area contributed by atoms with Gasteiger partial charge in [-0.1, -0.05) is 0 Å². The van der Waals surface area contributed by atoms with Crippen LogP contribution in [-0.4, -0.2) is 27.2 Å². The normalized spacial score (nSPS) is 17.4. The fourth-order valence-corrected chi connectivity index (χ4v) is 0.979. The highest BCUT2D eigenvalue weighted by atomic mass is 15.2. The summed E-state index contributed by atoms with van der Waals surface area (Å²) < 4.78 is 0. The minimum absolute atomic E-state index is 0.974. The molecule has 0 bridgehead atoms. The second-order valence-electron chi connectivity index (χ2n) is 2.10. The van der Waals surface area contributed by atoms with Gasteiger partial charge < -0.3 is 21.3 Å². The minimum atomic E-state index is 0.974. The molecule has 58 valence electrons. The van der Waals surface area contributed by atoms with Crippen LogP contribution in [0.2, 0.25) is 0 Å². The van der Waals surface area contributed by atoms with Crippen LogP contribution in [0.25, 0.3) is 0 Å². The maximum Gasteiger partial charge on any atom is 0.140 e. The Morgan fingerprint density at radius 3 is 1.70 bits per heavy atom. The van der Waals surface area contributed by atoms with Crippen molar-refractivity contribution in [3.63, 3.8) is 0 Å². The number of nitrogens with one attached hydrogen (secondary N) is 4. The summed E-state index contributed by atoms with van der Waals surface area (Å²) in [5.74, 6) is 2.07. The summed E-state index contributed by atoms with van der Waals surface area (Å²) in [6, 6.07) is 0. The summed E-state index contributed by atoms with van der Waals surface area (Å²) in [6.45, 7) is 1.95. The molecule has 0 aromatic carbocycles. The van der Waals surface area contributed by atoms with E-state index in [0.29, 0.717) is 0 Å². The van der Waals surface area contributed by atoms with E-state index in [-0.39, 0.29) is 0 Å². The molecule has 0 spiro atoms. The summed E-state index contributed by atoms with van der Waals surface area (Å²) in [6.07, 6.45) is 0. The highest BCUT2D eigenvalue weighted by molar-refractivity contribution is 5.09. The third-order valence-corrected chi connectivity index (χ3v) is 1.48. The van der Waals surface area contributed by atoms with E-state index in [0.717, 1.165) is 24.7 Å². The fourth-order valence-electron chi connectivity index (χ4n) is 0.979. The Kier molecular flexibility index (Phi) is 2.25. The smallest absolute Gasteiger partial charge is 0.140 e. The Hall–Kier alpha value is -1.06. The van der Waals surface area contributed by atoms with Crippen LogP contribution < -0.4 is 21.3 Å². The van der Waals surface area contributed by atoms with Gasteiger partial charge in [0.25, 0.3) is 0 Å². The SMILES string of the molecule is CNC1=C(NC)NCCN1. The predicted octanol–water partition coefficient (Wildman–Crippen LogP) is -1.26. The van der Waals surface area contributed by atoms with E-state index >= 15 is 0 Å². The molecule has 1 heterocycles. The van der Waals surface area contributed by atoms with Gasteiger partial charge in [0.15, 0.2) is 0 Å². The Morgan fingerprint density at radius 2 is 1.40 bits per heavy atom. The average Bonchev–Trinajstić information content (AvgIpc) is 2.04. The van der Waals surface area contributed by atoms with Gasteiger partial charge in [-0.25, -0.2) is 0 Å². The maximum absolute atomic E-state index is 3.21. The van der Waals surface area contributed by atoms with Crippen molar-refractivity contribution in [2.75, 3.05) is 27.2 Å². The van der Waals surface area contributed by atoms with Crippen molar-refractivity contribution in [2.24, 2.45) is 0 Å². The molecule has 10 heavy (non-hydrogen) atoms. The van der Waals surface area contributed by atoms with E-state index in [9.17, 15) is 0 Å². The van der Waals surface area contributed by atoms with Gasteiger partial charge >= 0.3 is 0 Å². The number of hydrogen-bond acceptors (Lipinski definition) is 4. The van der Waals surface area contributed by atoms with E-state index < -0.39 is 0 Å². The first-order chi connectivity index (χ1) is 4.88. The molecule has 1 aliphatic heterocycles. The van der Waals surface area contributed by atoms with Crippen molar-refractivity contribution in [3.05, 3.63) is 11.6 Å². The van der Waals surface area contributed by atoms with Gasteiger partial charge in [0, 0.05) is 27.2 Å². The van der Waals surface area contributed by atoms with E-state index in [1.54, 1.807) is 0 Å². The molecular formula is C6H14N4. The van der Waals surface area contributed by atoms with Gasteiger partial charge in [-0.3, -0.25) is 0 Å². The molecule has 0 saturated carbocycles. The first kappa shape index (κ1) is 7.05. The molecule has 0 saturated heterocycles. The Balaban J connectivity index is 2.63. The first-order valence-electron chi connectivity index (χ1n) is 3.46. The summed E-state index contributed by atoms with van der Waals surface area (Å²) >= 11 is 0. The monoisotopic (exact) mass is 142 g/mol. The van der Waals surface area contributed by atoms with E-state index in [1.165, 1.54) is 0 Å². The van der Waals surface area contributed by atoms with Gasteiger partial charge in [0.1, 0.15) is 11.6 Å². The zero-order valence-electron chi connectivity index (χ0n) is 6.41. The molecule has 0 unspecified atom stereocenters. The minimum Gasteiger partial charge on any atom is -0.372 e. The Morgan fingerprint density at radius 1 is 1.00 bits per heavy atom. The van der Waals surface area contributed by atoms with Gasteiger partial charge in [0.2, 0.25) is 0 Å². The van der Waals surface area contributed by atoms with Gasteiger partial charge in [-0.2, -0.15) is 0 Å². The highest BCUT2D eigenvalue weighted by Crippen LogP contribution is 1.91. The lowest BCUT2D eigenvalue weighted by Crippen LogP contribution is -2.43. The van der Waals surface area contributed by atoms with Crippen molar-refractivity contribution in [2.45, 2.75) is 0 Å². The second kappa shape index (κ2) is 3.20. The highest BCUT2D eigenvalue weighted by Gasteiger charge is 2.06. The third kappa shape index (κ3) is 1.26. The molecule has 1 rings (SSSR count). The van der Waals surface area contributed by atoms with Gasteiger partial charge in [-0.05, 0) is 0 Å². The van der Waals surface area contributed by atoms with Crippen LogP contribution in [0.1, 0.15) is 0 Å². The number of hydrogen-bond donors (Lipinski definition) is 4. The quantitative estimate of drug-likeness (QED) is 0.389. The molecule has 0 atom stereocenters. The van der Waals surface area contributed by atoms with Crippen LogP contribution in [0.4, 0.5) is 0 Å². The molecule has 4 N–H and O–H groups in total. The van der Waals surface area contributed by atoms with Crippen LogP contribution in [0.15, 0.2) is 11.6 Å². The van der Waals surface area contributed by atoms with Crippen LogP contribution in [-0.2, 0) is 0 Å². The third-order valence-electron chi connectivity index (χ3n) is 1.48. The molecule has 4 heteroatoms. The molecule has 0 amide bonds. The van der Waals surface area contributed by atoms with E-state index in [1.807, 2.05) is 14.1 Å². The number of rotatable bonds is 2. The molecule has 0 aromatic rings. The fraction of sp³-hybridized carbons (Fsp3) is 0.667. The molecule has 0 fully saturated rings. The Bertz CT molecular complexity index is 125. The van der Waals surface area contributed by atoms with Crippen LogP contribution in [0.5, 0.6) is 0 Å². The lowest BCUT2D eigenvalue weighted by atomic mass is 10.4. The lowest BCUT2D eigenvalue weighted by Gasteiger charge is -2.22. The first-order valence-corrected chi connectivity index (χ1v) is 3.46. The molecule has 4 nitrogen and oxygen atoms in total. The lowest BCUT2D eigenvalue weighted by molar-refractivity contribution is 0.580. The second-order valence-corrected chi connectivity index (χ2v) is 2.10. The molecule has 0 aliphatic carbocycles. The van der Waals surface area contributed by atoms with Crippen molar-refractivity contribution in [3.8, 4) is 0 Å². The van der Waals surface area contributed by atoms with Crippen LogP contribution >= 0.6 is 0 Å². The zero-order chi connectivity index (χ0) is 7.40. The Labute approximate surface area is 61.1 Å². The largest absolute Gasteiger partial charge is 0.372 e. The van der Waals surface area contributed by atoms with Gasteiger partial charge in [0.05, 0.1) is 0 Å². The average molecular weight is 142 g/mol. The molecule has 0 aromatic heterocycles. The topological polar surface area (TPSA) is 48.1 Å². The molecule has 1 aliphatic rings. The summed E-state index contributed by atoms with van der Waals surface area (Å²) in [5, 5.41) is 12.5. The van der Waals surface area contributed by atoms with Crippen molar-refractivity contribution < 1.29 is 0 Å². The summed E-state index contributed by atoms with van der Waals surface area (Å²) in [4.78, 5) is 0. The van der Waals surface area contributed by atoms with Crippen molar-refractivity contribution >= 4 is 0 Å². The van der Waals surface area contributed by atoms with Crippen molar-refractivity contribution in [1.82, 2.24) is 21.3 Å². The van der Waals surface area contributed by atoms with E-state index in [4.69, 9.17) is 0 Å². The van der Waals surface area contributed by atoms with E-state index in [2.05, 4.69) is 21.3 Å². The molecule has 0 radical (unpaired) electrons. The predicted molar refractivity (Wildman–Crippen MR) is 41.2 cm³/mol. The summed E-state index contributed by atoms with van der Waals surface area (Å²) in [7, 11) is 3.79. The standard InChI is InChI=1S/C6H14N4/c1-7-5-6(8-2)10-4-3-9-5/h7-10H,3-4H2,1-2H3. The van der Waals surface area contributed by atoms with Gasteiger partial charge in [-0.15, -0.1) is 0 Å². The zero-order valence-corrected chi connectivity index (χ0v) is 6.41. The van der Waals surface area contributed by atoms with Crippen LogP contribution in [0, 0.1) is 0 Å².